The molecule has 0 radical (unpaired) electrons. The fourth-order valence-corrected chi connectivity index (χ4v) is 3.66. The molecule has 19 heavy (non-hydrogen) atoms. The Balaban J connectivity index is 1.42. The molecule has 2 saturated carbocycles. The Morgan fingerprint density at radius 3 is 2.53 bits per heavy atom. The average molecular weight is 277 g/mol. The van der Waals surface area contributed by atoms with Gasteiger partial charge in [0.1, 0.15) is 5.75 Å². The van der Waals surface area contributed by atoms with Gasteiger partial charge in [0.05, 0.1) is 7.11 Å². The summed E-state index contributed by atoms with van der Waals surface area (Å²) in [4.78, 5) is 1.25. The molecule has 1 aromatic carbocycles. The molecule has 1 N–H and O–H groups in total. The molecule has 3 heteroatoms. The van der Waals surface area contributed by atoms with Gasteiger partial charge in [-0.1, -0.05) is 12.1 Å². The molecule has 0 amide bonds. The number of hydrogen-bond donors (Lipinski definition) is 1. The molecule has 0 spiro atoms. The van der Waals surface area contributed by atoms with Gasteiger partial charge in [-0.2, -0.15) is 0 Å². The Labute approximate surface area is 120 Å². The third-order valence-electron chi connectivity index (χ3n) is 4.07. The molecule has 0 aliphatic heterocycles. The highest BCUT2D eigenvalue weighted by Crippen LogP contribution is 2.44. The minimum atomic E-state index is 0.818. The van der Waals surface area contributed by atoms with E-state index >= 15 is 0 Å². The summed E-state index contributed by atoms with van der Waals surface area (Å²) in [7, 11) is 1.74. The number of rotatable bonds is 8. The van der Waals surface area contributed by atoms with E-state index in [4.69, 9.17) is 4.74 Å². The molecule has 0 unspecified atom stereocenters. The first kappa shape index (κ1) is 13.3. The van der Waals surface area contributed by atoms with Crippen LogP contribution in [0.2, 0.25) is 0 Å². The van der Waals surface area contributed by atoms with E-state index in [0.717, 1.165) is 35.9 Å². The van der Waals surface area contributed by atoms with Gasteiger partial charge >= 0.3 is 0 Å². The summed E-state index contributed by atoms with van der Waals surface area (Å²) in [5.74, 6) is 4.09. The minimum Gasteiger partial charge on any atom is -0.496 e. The number of para-hydroxylation sites is 1. The number of methoxy groups -OCH3 is 1. The third-order valence-corrected chi connectivity index (χ3v) is 5.13. The van der Waals surface area contributed by atoms with Crippen LogP contribution in [0, 0.1) is 11.8 Å². The van der Waals surface area contributed by atoms with Crippen molar-refractivity contribution in [2.45, 2.75) is 36.6 Å². The average Bonchev–Trinajstić information content (AvgIpc) is 3.31. The molecule has 0 saturated heterocycles. The van der Waals surface area contributed by atoms with Gasteiger partial charge < -0.3 is 10.1 Å². The zero-order valence-corrected chi connectivity index (χ0v) is 12.4. The van der Waals surface area contributed by atoms with Crippen molar-refractivity contribution in [3.8, 4) is 5.75 Å². The lowest BCUT2D eigenvalue weighted by Gasteiger charge is -2.17. The van der Waals surface area contributed by atoms with Crippen molar-refractivity contribution in [3.63, 3.8) is 0 Å². The zero-order chi connectivity index (χ0) is 13.1. The standard InChI is InChI=1S/C16H23NOS/c1-18-14-4-2-3-5-15(14)19-11-10-17-16(12-6-7-12)13-8-9-13/h2-5,12-13,16-17H,6-11H2,1H3. The topological polar surface area (TPSA) is 21.3 Å². The molecule has 0 heterocycles. The summed E-state index contributed by atoms with van der Waals surface area (Å²) in [6, 6.07) is 9.10. The van der Waals surface area contributed by atoms with E-state index < -0.39 is 0 Å². The Kier molecular flexibility index (Phi) is 4.34. The van der Waals surface area contributed by atoms with E-state index in [0.29, 0.717) is 0 Å². The molecule has 0 aromatic heterocycles. The second-order valence-electron chi connectivity index (χ2n) is 5.65. The van der Waals surface area contributed by atoms with Crippen LogP contribution in [0.15, 0.2) is 29.2 Å². The lowest BCUT2D eigenvalue weighted by atomic mass is 10.1. The van der Waals surface area contributed by atoms with E-state index in [1.165, 1.54) is 30.6 Å². The third kappa shape index (κ3) is 3.67. The van der Waals surface area contributed by atoms with Crippen molar-refractivity contribution >= 4 is 11.8 Å². The van der Waals surface area contributed by atoms with Crippen LogP contribution in [-0.4, -0.2) is 25.4 Å². The SMILES string of the molecule is COc1ccccc1SCCNC(C1CC1)C1CC1. The maximum absolute atomic E-state index is 5.38. The van der Waals surface area contributed by atoms with Crippen molar-refractivity contribution < 1.29 is 4.74 Å². The van der Waals surface area contributed by atoms with E-state index in [2.05, 4.69) is 17.4 Å². The Morgan fingerprint density at radius 1 is 1.21 bits per heavy atom. The van der Waals surface area contributed by atoms with Gasteiger partial charge in [0.15, 0.2) is 0 Å². The quantitative estimate of drug-likeness (QED) is 0.580. The van der Waals surface area contributed by atoms with E-state index in [1.54, 1.807) is 7.11 Å². The highest BCUT2D eigenvalue weighted by atomic mass is 32.2. The van der Waals surface area contributed by atoms with Crippen LogP contribution in [0.4, 0.5) is 0 Å². The van der Waals surface area contributed by atoms with Crippen LogP contribution in [-0.2, 0) is 0 Å². The number of nitrogens with one attached hydrogen (secondary N) is 1. The lowest BCUT2D eigenvalue weighted by molar-refractivity contribution is 0.404. The monoisotopic (exact) mass is 277 g/mol. The summed E-state index contributed by atoms with van der Waals surface area (Å²) >= 11 is 1.89. The Hall–Kier alpha value is -0.670. The molecule has 3 rings (SSSR count). The summed E-state index contributed by atoms with van der Waals surface area (Å²) in [6.45, 7) is 1.11. The molecule has 2 aliphatic carbocycles. The molecule has 2 nitrogen and oxygen atoms in total. The summed E-state index contributed by atoms with van der Waals surface area (Å²) in [5.41, 5.74) is 0. The predicted molar refractivity (Wildman–Crippen MR) is 81.0 cm³/mol. The van der Waals surface area contributed by atoms with Crippen LogP contribution in [0.1, 0.15) is 25.7 Å². The van der Waals surface area contributed by atoms with E-state index in [9.17, 15) is 0 Å². The summed E-state index contributed by atoms with van der Waals surface area (Å²) in [5, 5.41) is 3.79. The maximum Gasteiger partial charge on any atom is 0.132 e. The van der Waals surface area contributed by atoms with E-state index in [-0.39, 0.29) is 0 Å². The van der Waals surface area contributed by atoms with E-state index in [1.807, 2.05) is 23.9 Å². The van der Waals surface area contributed by atoms with Crippen LogP contribution in [0.5, 0.6) is 5.75 Å². The van der Waals surface area contributed by atoms with Gasteiger partial charge in [0, 0.05) is 23.2 Å². The van der Waals surface area contributed by atoms with Crippen LogP contribution in [0.25, 0.3) is 0 Å². The minimum absolute atomic E-state index is 0.818. The number of benzene rings is 1. The highest BCUT2D eigenvalue weighted by Gasteiger charge is 2.40. The van der Waals surface area contributed by atoms with Crippen LogP contribution in [0.3, 0.4) is 0 Å². The van der Waals surface area contributed by atoms with Gasteiger partial charge in [-0.3, -0.25) is 0 Å². The first-order chi connectivity index (χ1) is 9.38. The van der Waals surface area contributed by atoms with Crippen LogP contribution < -0.4 is 10.1 Å². The van der Waals surface area contributed by atoms with Crippen LogP contribution >= 0.6 is 11.8 Å². The molecule has 2 fully saturated rings. The molecular formula is C16H23NOS. The second-order valence-corrected chi connectivity index (χ2v) is 6.79. The fraction of sp³-hybridized carbons (Fsp3) is 0.625. The molecule has 2 aliphatic rings. The Morgan fingerprint density at radius 2 is 1.89 bits per heavy atom. The second kappa shape index (κ2) is 6.19. The highest BCUT2D eigenvalue weighted by molar-refractivity contribution is 7.99. The molecule has 1 aromatic rings. The number of hydrogen-bond acceptors (Lipinski definition) is 3. The van der Waals surface area contributed by atoms with Crippen molar-refractivity contribution in [2.24, 2.45) is 11.8 Å². The normalized spacial score (nSPS) is 18.8. The maximum atomic E-state index is 5.38. The number of thioether (sulfide) groups is 1. The smallest absolute Gasteiger partial charge is 0.132 e. The predicted octanol–water partition coefficient (Wildman–Crippen LogP) is 3.57. The van der Waals surface area contributed by atoms with Gasteiger partial charge in [-0.05, 0) is 49.7 Å². The zero-order valence-electron chi connectivity index (χ0n) is 11.6. The van der Waals surface area contributed by atoms with Crippen molar-refractivity contribution in [2.75, 3.05) is 19.4 Å². The first-order valence-corrected chi connectivity index (χ1v) is 8.36. The Bertz CT molecular complexity index is 403. The summed E-state index contributed by atoms with van der Waals surface area (Å²) in [6.07, 6.45) is 5.81. The first-order valence-electron chi connectivity index (χ1n) is 7.37. The van der Waals surface area contributed by atoms with Crippen molar-refractivity contribution in [3.05, 3.63) is 24.3 Å². The molecule has 104 valence electrons. The van der Waals surface area contributed by atoms with Gasteiger partial charge in [0.25, 0.3) is 0 Å². The lowest BCUT2D eigenvalue weighted by Crippen LogP contribution is -2.34. The molecular weight excluding hydrogens is 254 g/mol. The molecule has 0 bridgehead atoms. The molecule has 0 atom stereocenters. The van der Waals surface area contributed by atoms with Gasteiger partial charge in [0.2, 0.25) is 0 Å². The number of ether oxygens (including phenoxy) is 1. The largest absolute Gasteiger partial charge is 0.496 e. The summed E-state index contributed by atoms with van der Waals surface area (Å²) < 4.78 is 5.38. The fourth-order valence-electron chi connectivity index (χ4n) is 2.75. The van der Waals surface area contributed by atoms with Crippen molar-refractivity contribution in [1.82, 2.24) is 5.32 Å². The van der Waals surface area contributed by atoms with Crippen molar-refractivity contribution in [1.29, 1.82) is 0 Å². The van der Waals surface area contributed by atoms with Gasteiger partial charge in [-0.15, -0.1) is 11.8 Å². The van der Waals surface area contributed by atoms with Gasteiger partial charge in [-0.25, -0.2) is 0 Å².